The van der Waals surface area contributed by atoms with Gasteiger partial charge < -0.3 is 0 Å². The Morgan fingerprint density at radius 1 is 1.18 bits per heavy atom. The molecule has 0 aliphatic carbocycles. The molecule has 144 valence electrons. The number of halogens is 1. The van der Waals surface area contributed by atoms with Gasteiger partial charge in [-0.15, -0.1) is 0 Å². The van der Waals surface area contributed by atoms with Crippen molar-refractivity contribution in [1.82, 2.24) is 14.8 Å². The van der Waals surface area contributed by atoms with Crippen molar-refractivity contribution in [1.29, 1.82) is 5.26 Å². The summed E-state index contributed by atoms with van der Waals surface area (Å²) in [7, 11) is -4.01. The minimum absolute atomic E-state index is 0.0357. The maximum atomic E-state index is 12.9. The predicted octanol–water partition coefficient (Wildman–Crippen LogP) is 3.89. The number of nitrogens with zero attached hydrogens (tertiary/aromatic N) is 4. The van der Waals surface area contributed by atoms with Crippen LogP contribution in [0, 0.1) is 11.3 Å². The number of anilines is 1. The molecule has 0 unspecified atom stereocenters. The van der Waals surface area contributed by atoms with E-state index in [2.05, 4.69) is 14.8 Å². The van der Waals surface area contributed by atoms with Crippen molar-refractivity contribution in [3.8, 4) is 11.9 Å². The standard InChI is InChI=1S/C19H18ClN5O2S/c1-19(2,3)16-11-18(25(23-16)17-6-4-5-9-22-17)24-28(26,27)15-8-7-13(12-21)10-14(15)20/h4-11,24H,1-3H3. The molecule has 7 nitrogen and oxygen atoms in total. The predicted molar refractivity (Wildman–Crippen MR) is 107 cm³/mol. The van der Waals surface area contributed by atoms with Gasteiger partial charge in [-0.25, -0.2) is 13.4 Å². The molecule has 0 amide bonds. The number of rotatable bonds is 4. The summed E-state index contributed by atoms with van der Waals surface area (Å²) in [6.45, 7) is 5.94. The average molecular weight is 416 g/mol. The SMILES string of the molecule is CC(C)(C)c1cc(NS(=O)(=O)c2ccc(C#N)cc2Cl)n(-c2ccccn2)n1. The summed E-state index contributed by atoms with van der Waals surface area (Å²) in [6.07, 6.45) is 1.60. The van der Waals surface area contributed by atoms with Crippen molar-refractivity contribution in [2.45, 2.75) is 31.1 Å². The normalized spacial score (nSPS) is 11.8. The molecular formula is C19H18ClN5O2S. The zero-order valence-corrected chi connectivity index (χ0v) is 17.1. The smallest absolute Gasteiger partial charge is 0.263 e. The van der Waals surface area contributed by atoms with E-state index in [0.29, 0.717) is 11.5 Å². The van der Waals surface area contributed by atoms with Crippen LogP contribution in [0.5, 0.6) is 0 Å². The highest BCUT2D eigenvalue weighted by Crippen LogP contribution is 2.29. The zero-order chi connectivity index (χ0) is 20.5. The second kappa shape index (κ2) is 7.26. The van der Waals surface area contributed by atoms with E-state index >= 15 is 0 Å². The van der Waals surface area contributed by atoms with Gasteiger partial charge in [0.15, 0.2) is 5.82 Å². The third-order valence-electron chi connectivity index (χ3n) is 3.93. The lowest BCUT2D eigenvalue weighted by molar-refractivity contribution is 0.559. The topological polar surface area (TPSA) is 101 Å². The minimum Gasteiger partial charge on any atom is -0.263 e. The van der Waals surface area contributed by atoms with E-state index < -0.39 is 10.0 Å². The van der Waals surface area contributed by atoms with Crippen LogP contribution >= 0.6 is 11.6 Å². The summed E-state index contributed by atoms with van der Waals surface area (Å²) in [5.41, 5.74) is 0.672. The molecule has 3 rings (SSSR count). The molecule has 1 aromatic carbocycles. The van der Waals surface area contributed by atoms with Crippen LogP contribution < -0.4 is 4.72 Å². The van der Waals surface area contributed by atoms with Crippen molar-refractivity contribution in [2.24, 2.45) is 0 Å². The number of pyridine rings is 1. The molecule has 2 heterocycles. The Morgan fingerprint density at radius 3 is 2.50 bits per heavy atom. The third kappa shape index (κ3) is 4.01. The lowest BCUT2D eigenvalue weighted by atomic mass is 9.92. The van der Waals surface area contributed by atoms with Gasteiger partial charge in [0.1, 0.15) is 10.7 Å². The van der Waals surface area contributed by atoms with E-state index in [1.165, 1.54) is 22.9 Å². The second-order valence-electron chi connectivity index (χ2n) is 7.13. The molecule has 2 aromatic heterocycles. The first-order valence-electron chi connectivity index (χ1n) is 8.36. The van der Waals surface area contributed by atoms with E-state index in [1.807, 2.05) is 26.8 Å². The molecule has 0 fully saturated rings. The first-order valence-corrected chi connectivity index (χ1v) is 10.2. The third-order valence-corrected chi connectivity index (χ3v) is 5.77. The highest BCUT2D eigenvalue weighted by Gasteiger charge is 2.25. The van der Waals surface area contributed by atoms with Gasteiger partial charge in [-0.05, 0) is 30.3 Å². The Labute approximate surface area is 168 Å². The highest BCUT2D eigenvalue weighted by molar-refractivity contribution is 7.92. The van der Waals surface area contributed by atoms with Gasteiger partial charge in [0, 0.05) is 17.7 Å². The first-order chi connectivity index (χ1) is 13.1. The number of benzene rings is 1. The van der Waals surface area contributed by atoms with E-state index in [0.717, 1.165) is 0 Å². The van der Waals surface area contributed by atoms with Gasteiger partial charge in [-0.1, -0.05) is 38.4 Å². The van der Waals surface area contributed by atoms with Crippen LogP contribution in [-0.4, -0.2) is 23.2 Å². The van der Waals surface area contributed by atoms with E-state index in [9.17, 15) is 8.42 Å². The summed E-state index contributed by atoms with van der Waals surface area (Å²) in [5.74, 6) is 0.714. The van der Waals surface area contributed by atoms with Crippen LogP contribution in [-0.2, 0) is 15.4 Å². The maximum Gasteiger partial charge on any atom is 0.264 e. The first kappa shape index (κ1) is 19.9. The second-order valence-corrected chi connectivity index (χ2v) is 9.19. The molecule has 9 heteroatoms. The van der Waals surface area contributed by atoms with Crippen LogP contribution in [0.2, 0.25) is 5.02 Å². The zero-order valence-electron chi connectivity index (χ0n) is 15.5. The molecule has 0 aliphatic rings. The molecule has 0 spiro atoms. The van der Waals surface area contributed by atoms with Gasteiger partial charge in [0.2, 0.25) is 0 Å². The van der Waals surface area contributed by atoms with E-state index in [1.54, 1.807) is 30.5 Å². The molecule has 0 bridgehead atoms. The van der Waals surface area contributed by atoms with E-state index in [4.69, 9.17) is 16.9 Å². The number of sulfonamides is 1. The molecule has 0 atom stereocenters. The van der Waals surface area contributed by atoms with Gasteiger partial charge in [-0.2, -0.15) is 15.0 Å². The summed E-state index contributed by atoms with van der Waals surface area (Å²) in [5, 5.41) is 13.4. The largest absolute Gasteiger partial charge is 0.264 e. The van der Waals surface area contributed by atoms with Gasteiger partial charge in [-0.3, -0.25) is 4.72 Å². The van der Waals surface area contributed by atoms with E-state index in [-0.39, 0.29) is 26.7 Å². The lowest BCUT2D eigenvalue weighted by Crippen LogP contribution is -2.16. The number of hydrogen-bond acceptors (Lipinski definition) is 5. The summed E-state index contributed by atoms with van der Waals surface area (Å²) >= 11 is 6.09. The fourth-order valence-corrected chi connectivity index (χ4v) is 4.03. The van der Waals surface area contributed by atoms with Crippen molar-refractivity contribution >= 4 is 27.4 Å². The van der Waals surface area contributed by atoms with Crippen molar-refractivity contribution in [3.63, 3.8) is 0 Å². The van der Waals surface area contributed by atoms with Crippen LogP contribution in [0.4, 0.5) is 5.82 Å². The molecule has 28 heavy (non-hydrogen) atoms. The fraction of sp³-hybridized carbons (Fsp3) is 0.211. The van der Waals surface area contributed by atoms with Crippen molar-refractivity contribution in [3.05, 3.63) is 64.9 Å². The quantitative estimate of drug-likeness (QED) is 0.696. The Balaban J connectivity index is 2.08. The summed E-state index contributed by atoms with van der Waals surface area (Å²) in [6, 6.07) is 12.9. The van der Waals surface area contributed by atoms with Gasteiger partial charge in [0.05, 0.1) is 22.3 Å². The van der Waals surface area contributed by atoms with Crippen LogP contribution in [0.25, 0.3) is 5.82 Å². The molecule has 0 saturated heterocycles. The Bertz CT molecular complexity index is 1160. The molecule has 1 N–H and O–H groups in total. The van der Waals surface area contributed by atoms with Crippen LogP contribution in [0.3, 0.4) is 0 Å². The maximum absolute atomic E-state index is 12.9. The molecule has 0 saturated carbocycles. The Morgan fingerprint density at radius 2 is 1.93 bits per heavy atom. The molecule has 0 radical (unpaired) electrons. The van der Waals surface area contributed by atoms with Crippen LogP contribution in [0.1, 0.15) is 32.0 Å². The number of hydrogen-bond donors (Lipinski definition) is 1. The molecule has 0 aliphatic heterocycles. The van der Waals surface area contributed by atoms with Crippen LogP contribution in [0.15, 0.2) is 53.6 Å². The van der Waals surface area contributed by atoms with Gasteiger partial charge in [0.25, 0.3) is 10.0 Å². The summed E-state index contributed by atoms with van der Waals surface area (Å²) < 4.78 is 29.8. The lowest BCUT2D eigenvalue weighted by Gasteiger charge is -2.13. The Kier molecular flexibility index (Phi) is 5.15. The van der Waals surface area contributed by atoms with Crippen molar-refractivity contribution in [2.75, 3.05) is 4.72 Å². The highest BCUT2D eigenvalue weighted by atomic mass is 35.5. The molecular weight excluding hydrogens is 398 g/mol. The average Bonchev–Trinajstić information content (AvgIpc) is 3.05. The van der Waals surface area contributed by atoms with Gasteiger partial charge >= 0.3 is 0 Å². The molecule has 3 aromatic rings. The Hall–Kier alpha value is -2.89. The minimum atomic E-state index is -4.01. The number of aromatic nitrogens is 3. The number of nitrogens with one attached hydrogen (secondary N) is 1. The summed E-state index contributed by atoms with van der Waals surface area (Å²) in [4.78, 5) is 4.13. The monoisotopic (exact) mass is 415 g/mol. The number of nitriles is 1. The van der Waals surface area contributed by atoms with Crippen molar-refractivity contribution < 1.29 is 8.42 Å². The fourth-order valence-electron chi connectivity index (χ4n) is 2.45.